The van der Waals surface area contributed by atoms with Crippen LogP contribution in [0.3, 0.4) is 0 Å². The van der Waals surface area contributed by atoms with Crippen LogP contribution in [-0.2, 0) is 9.59 Å². The standard InChI is InChI=1S/2C15H22O3/c2*1-6-15(5,18)8-7-11-10(2)13(17)12(16)9-14(11,3)4/h12,16,18H,6,9H2,1-5H3;6-8,12,16,18H,1,9H2,2-5H3/b;8-7+. The van der Waals surface area contributed by atoms with Gasteiger partial charge in [0.25, 0.3) is 0 Å². The summed E-state index contributed by atoms with van der Waals surface area (Å²) in [7, 11) is 0. The van der Waals surface area contributed by atoms with Gasteiger partial charge in [0.15, 0.2) is 11.6 Å². The Hall–Kier alpha value is -2.30. The van der Waals surface area contributed by atoms with Gasteiger partial charge in [-0.2, -0.15) is 0 Å². The Morgan fingerprint density at radius 1 is 0.972 bits per heavy atom. The molecule has 200 valence electrons. The van der Waals surface area contributed by atoms with Crippen molar-refractivity contribution in [1.82, 2.24) is 0 Å². The molecule has 0 aromatic heterocycles. The molecular formula is C30H44O6. The van der Waals surface area contributed by atoms with Gasteiger partial charge >= 0.3 is 0 Å². The van der Waals surface area contributed by atoms with Crippen LogP contribution in [0.15, 0.2) is 47.1 Å². The van der Waals surface area contributed by atoms with E-state index >= 15 is 0 Å². The minimum absolute atomic E-state index is 0.229. The van der Waals surface area contributed by atoms with E-state index < -0.39 is 23.4 Å². The fourth-order valence-electron chi connectivity index (χ4n) is 4.35. The molecule has 4 atom stereocenters. The first-order chi connectivity index (χ1) is 16.2. The second-order valence-corrected chi connectivity index (χ2v) is 11.6. The number of allylic oxidation sites excluding steroid dienone is 3. The average Bonchev–Trinajstić information content (AvgIpc) is 2.75. The average molecular weight is 501 g/mol. The van der Waals surface area contributed by atoms with Crippen LogP contribution in [-0.4, -0.2) is 55.4 Å². The van der Waals surface area contributed by atoms with Gasteiger partial charge in [-0.1, -0.05) is 65.2 Å². The number of ketones is 2. The van der Waals surface area contributed by atoms with Crippen molar-refractivity contribution in [3.63, 3.8) is 0 Å². The Balaban J connectivity index is 0.000000360. The third-order valence-corrected chi connectivity index (χ3v) is 7.08. The molecule has 0 amide bonds. The largest absolute Gasteiger partial charge is 0.385 e. The highest BCUT2D eigenvalue weighted by Gasteiger charge is 2.38. The second-order valence-electron chi connectivity index (χ2n) is 11.6. The van der Waals surface area contributed by atoms with Crippen LogP contribution in [0.4, 0.5) is 0 Å². The fraction of sp³-hybridized carbons (Fsp3) is 0.600. The monoisotopic (exact) mass is 500 g/mol. The van der Waals surface area contributed by atoms with Crippen molar-refractivity contribution >= 4 is 11.6 Å². The summed E-state index contributed by atoms with van der Waals surface area (Å²) in [6.45, 7) is 20.0. The molecule has 4 N–H and O–H groups in total. The van der Waals surface area contributed by atoms with E-state index in [-0.39, 0.29) is 22.4 Å². The van der Waals surface area contributed by atoms with E-state index in [1.165, 1.54) is 6.08 Å². The number of rotatable bonds is 4. The van der Waals surface area contributed by atoms with E-state index in [0.717, 1.165) is 11.1 Å². The molecule has 0 aromatic carbocycles. The molecule has 0 heterocycles. The molecule has 6 heteroatoms. The lowest BCUT2D eigenvalue weighted by Crippen LogP contribution is -2.36. The van der Waals surface area contributed by atoms with Gasteiger partial charge < -0.3 is 20.4 Å². The van der Waals surface area contributed by atoms with Gasteiger partial charge in [0.1, 0.15) is 17.8 Å². The van der Waals surface area contributed by atoms with Crippen molar-refractivity contribution < 1.29 is 30.0 Å². The van der Waals surface area contributed by atoms with Gasteiger partial charge in [-0.25, -0.2) is 0 Å². The number of aliphatic hydroxyl groups excluding tert-OH is 2. The van der Waals surface area contributed by atoms with E-state index in [9.17, 15) is 30.0 Å². The highest BCUT2D eigenvalue weighted by molar-refractivity contribution is 6.01. The molecule has 0 saturated carbocycles. The third-order valence-electron chi connectivity index (χ3n) is 7.08. The fourth-order valence-corrected chi connectivity index (χ4v) is 4.35. The zero-order valence-electron chi connectivity index (χ0n) is 23.3. The summed E-state index contributed by atoms with van der Waals surface area (Å²) in [5, 5.41) is 39.2. The van der Waals surface area contributed by atoms with Crippen molar-refractivity contribution in [2.45, 2.75) is 105 Å². The highest BCUT2D eigenvalue weighted by Crippen LogP contribution is 2.40. The first-order valence-corrected chi connectivity index (χ1v) is 12.4. The Morgan fingerprint density at radius 3 is 1.92 bits per heavy atom. The lowest BCUT2D eigenvalue weighted by Gasteiger charge is -2.35. The van der Waals surface area contributed by atoms with E-state index in [4.69, 9.17) is 0 Å². The Labute approximate surface area is 216 Å². The van der Waals surface area contributed by atoms with Gasteiger partial charge in [-0.3, -0.25) is 9.59 Å². The zero-order valence-corrected chi connectivity index (χ0v) is 23.3. The van der Waals surface area contributed by atoms with Crippen LogP contribution in [0.25, 0.3) is 0 Å². The van der Waals surface area contributed by atoms with Crippen LogP contribution >= 0.6 is 0 Å². The van der Waals surface area contributed by atoms with Crippen LogP contribution < -0.4 is 0 Å². The van der Waals surface area contributed by atoms with E-state index in [1.807, 2.05) is 34.6 Å². The summed E-state index contributed by atoms with van der Waals surface area (Å²) in [5.74, 6) is 5.28. The van der Waals surface area contributed by atoms with E-state index in [0.29, 0.717) is 30.4 Å². The minimum atomic E-state index is -1.09. The number of hydrogen-bond donors (Lipinski definition) is 4. The van der Waals surface area contributed by atoms with Crippen molar-refractivity contribution in [2.75, 3.05) is 0 Å². The molecule has 0 bridgehead atoms. The minimum Gasteiger partial charge on any atom is -0.385 e. The smallest absolute Gasteiger partial charge is 0.187 e. The summed E-state index contributed by atoms with van der Waals surface area (Å²) < 4.78 is 0. The maximum absolute atomic E-state index is 11.8. The van der Waals surface area contributed by atoms with E-state index in [1.54, 1.807) is 39.8 Å². The maximum Gasteiger partial charge on any atom is 0.187 e. The summed E-state index contributed by atoms with van der Waals surface area (Å²) in [5.41, 5.74) is -0.0934. The highest BCUT2D eigenvalue weighted by atomic mass is 16.3. The Kier molecular flexibility index (Phi) is 10.0. The zero-order chi connectivity index (χ0) is 28.3. The number of aliphatic hydroxyl groups is 4. The number of hydrogen-bond acceptors (Lipinski definition) is 6. The summed E-state index contributed by atoms with van der Waals surface area (Å²) in [6.07, 6.45) is 4.27. The molecule has 0 aliphatic heterocycles. The molecule has 0 fully saturated rings. The summed E-state index contributed by atoms with van der Waals surface area (Å²) >= 11 is 0. The van der Waals surface area contributed by atoms with Gasteiger partial charge in [-0.05, 0) is 69.6 Å². The van der Waals surface area contributed by atoms with Crippen molar-refractivity contribution in [2.24, 2.45) is 10.8 Å². The van der Waals surface area contributed by atoms with Crippen molar-refractivity contribution in [3.05, 3.63) is 47.1 Å². The van der Waals surface area contributed by atoms with Crippen LogP contribution in [0.5, 0.6) is 0 Å². The first-order valence-electron chi connectivity index (χ1n) is 12.4. The molecule has 4 unspecified atom stereocenters. The van der Waals surface area contributed by atoms with Gasteiger partial charge in [-0.15, -0.1) is 0 Å². The SMILES string of the molecule is C=CC(C)(O)/C=C/C1=C(C)C(=O)C(O)CC1(C)C.CCC(C)(O)C#CC1=C(C)C(=O)C(O)CC1(C)C. The second kappa shape index (κ2) is 11.4. The summed E-state index contributed by atoms with van der Waals surface area (Å²) in [4.78, 5) is 23.6. The molecule has 6 nitrogen and oxygen atoms in total. The van der Waals surface area contributed by atoms with Crippen LogP contribution in [0.1, 0.15) is 81.6 Å². The third kappa shape index (κ3) is 7.85. The first kappa shape index (κ1) is 31.7. The normalized spacial score (nSPS) is 26.9. The summed E-state index contributed by atoms with van der Waals surface area (Å²) in [6, 6.07) is 0. The molecule has 0 saturated heterocycles. The van der Waals surface area contributed by atoms with Gasteiger partial charge in [0.2, 0.25) is 0 Å². The predicted octanol–water partition coefficient (Wildman–Crippen LogP) is 3.98. The topological polar surface area (TPSA) is 115 Å². The Bertz CT molecular complexity index is 1040. The predicted molar refractivity (Wildman–Crippen MR) is 143 cm³/mol. The molecule has 36 heavy (non-hydrogen) atoms. The lowest BCUT2D eigenvalue weighted by molar-refractivity contribution is -0.126. The van der Waals surface area contributed by atoms with Crippen molar-refractivity contribution in [3.8, 4) is 11.8 Å². The quantitative estimate of drug-likeness (QED) is 0.343. The molecule has 2 rings (SSSR count). The molecule has 0 radical (unpaired) electrons. The molecule has 0 aromatic rings. The van der Waals surface area contributed by atoms with Gasteiger partial charge in [0, 0.05) is 16.6 Å². The van der Waals surface area contributed by atoms with Crippen LogP contribution in [0, 0.1) is 22.7 Å². The molecule has 2 aliphatic carbocycles. The van der Waals surface area contributed by atoms with Crippen LogP contribution in [0.2, 0.25) is 0 Å². The maximum atomic E-state index is 11.8. The van der Waals surface area contributed by atoms with E-state index in [2.05, 4.69) is 18.4 Å². The lowest BCUT2D eigenvalue weighted by atomic mass is 9.71. The number of carbonyl (C=O) groups is 2. The molecule has 0 spiro atoms. The molecule has 2 aliphatic rings. The number of Topliss-reactive ketones (excluding diaryl/α,β-unsaturated/α-hetero) is 2. The Morgan fingerprint density at radius 2 is 1.44 bits per heavy atom. The van der Waals surface area contributed by atoms with Gasteiger partial charge in [0.05, 0.1) is 5.60 Å². The number of carbonyl (C=O) groups excluding carboxylic acids is 2. The molecular weight excluding hydrogens is 456 g/mol. The van der Waals surface area contributed by atoms with Crippen molar-refractivity contribution in [1.29, 1.82) is 0 Å².